The van der Waals surface area contributed by atoms with E-state index in [0.29, 0.717) is 0 Å². The van der Waals surface area contributed by atoms with Gasteiger partial charge < -0.3 is 4.74 Å². The molecule has 0 heterocycles. The lowest BCUT2D eigenvalue weighted by Crippen LogP contribution is -2.30. The first-order valence-electron chi connectivity index (χ1n) is 3.75. The summed E-state index contributed by atoms with van der Waals surface area (Å²) in [6.45, 7) is 0. The van der Waals surface area contributed by atoms with Crippen LogP contribution in [0.25, 0.3) is 0 Å². The van der Waals surface area contributed by atoms with Crippen molar-refractivity contribution in [2.45, 2.75) is 6.10 Å². The number of ether oxygens (including phenoxy) is 1. The van der Waals surface area contributed by atoms with E-state index in [0.717, 1.165) is 13.4 Å². The summed E-state index contributed by atoms with van der Waals surface area (Å²) in [5.74, 6) is -0.916. The van der Waals surface area contributed by atoms with Crippen LogP contribution in [0.1, 0.15) is 0 Å². The Hall–Kier alpha value is -0.560. The van der Waals surface area contributed by atoms with E-state index >= 15 is 0 Å². The molecule has 7 nitrogen and oxygen atoms in total. The standard InChI is InChI=1S/C6H12O7PS/c1-11-6(7)5(4-14(8)12-2)13-15(3,9)10/h5H,4H2,1-3H3/q+1. The summed E-state index contributed by atoms with van der Waals surface area (Å²) in [5.41, 5.74) is 0. The zero-order valence-electron chi connectivity index (χ0n) is 8.50. The molecule has 0 aromatic carbocycles. The molecule has 9 heteroatoms. The first-order valence-corrected chi connectivity index (χ1v) is 6.93. The van der Waals surface area contributed by atoms with Crippen molar-refractivity contribution in [1.29, 1.82) is 0 Å². The van der Waals surface area contributed by atoms with E-state index in [1.54, 1.807) is 0 Å². The van der Waals surface area contributed by atoms with Gasteiger partial charge in [0.1, 0.15) is 0 Å². The van der Waals surface area contributed by atoms with E-state index < -0.39 is 30.2 Å². The van der Waals surface area contributed by atoms with Gasteiger partial charge in [0.2, 0.25) is 12.3 Å². The Morgan fingerprint density at radius 1 is 1.40 bits per heavy atom. The highest BCUT2D eigenvalue weighted by molar-refractivity contribution is 7.86. The molecule has 0 aromatic heterocycles. The molecule has 0 fully saturated rings. The molecule has 0 saturated heterocycles. The number of hydrogen-bond donors (Lipinski definition) is 0. The Bertz CT molecular complexity index is 335. The molecule has 2 atom stereocenters. The van der Waals surface area contributed by atoms with Crippen LogP contribution in [0.3, 0.4) is 0 Å². The van der Waals surface area contributed by atoms with Crippen LogP contribution in [-0.2, 0) is 32.9 Å². The van der Waals surface area contributed by atoms with E-state index in [2.05, 4.69) is 13.4 Å². The Morgan fingerprint density at radius 3 is 2.27 bits per heavy atom. The van der Waals surface area contributed by atoms with Crippen LogP contribution in [0.4, 0.5) is 0 Å². The molecule has 0 saturated carbocycles. The molecular weight excluding hydrogens is 247 g/mol. The van der Waals surface area contributed by atoms with E-state index in [1.165, 1.54) is 7.11 Å². The zero-order chi connectivity index (χ0) is 12.1. The largest absolute Gasteiger partial charge is 0.511 e. The van der Waals surface area contributed by atoms with Gasteiger partial charge in [-0.1, -0.05) is 0 Å². The fourth-order valence-electron chi connectivity index (χ4n) is 0.697. The topological polar surface area (TPSA) is 96.0 Å². The van der Waals surface area contributed by atoms with E-state index in [-0.39, 0.29) is 6.16 Å². The fraction of sp³-hybridized carbons (Fsp3) is 0.833. The smallest absolute Gasteiger partial charge is 0.467 e. The number of esters is 1. The molecule has 0 aromatic rings. The average Bonchev–Trinajstić information content (AvgIpc) is 2.13. The lowest BCUT2D eigenvalue weighted by molar-refractivity contribution is -0.147. The number of carbonyl (C=O) groups is 1. The van der Waals surface area contributed by atoms with Crippen molar-refractivity contribution in [1.82, 2.24) is 0 Å². The first-order chi connectivity index (χ1) is 6.80. The van der Waals surface area contributed by atoms with Gasteiger partial charge in [-0.05, 0) is 4.57 Å². The summed E-state index contributed by atoms with van der Waals surface area (Å²) in [6.07, 6.45) is -1.03. The lowest BCUT2D eigenvalue weighted by Gasteiger charge is -2.08. The molecule has 0 N–H and O–H groups in total. The molecular formula is C6H12O7PS+. The highest BCUT2D eigenvalue weighted by Gasteiger charge is 2.34. The Morgan fingerprint density at radius 2 is 1.93 bits per heavy atom. The van der Waals surface area contributed by atoms with Crippen LogP contribution >= 0.6 is 8.03 Å². The van der Waals surface area contributed by atoms with Gasteiger partial charge in [0.15, 0.2) is 0 Å². The number of hydrogen-bond acceptors (Lipinski definition) is 7. The Labute approximate surface area is 88.7 Å². The molecule has 0 radical (unpaired) electrons. The maximum absolute atomic E-state index is 11.0. The molecule has 0 bridgehead atoms. The van der Waals surface area contributed by atoms with Crippen LogP contribution in [0, 0.1) is 0 Å². The summed E-state index contributed by atoms with van der Waals surface area (Å²) >= 11 is 0. The van der Waals surface area contributed by atoms with Gasteiger partial charge in [-0.3, -0.25) is 4.18 Å². The second-order valence-electron chi connectivity index (χ2n) is 2.51. The summed E-state index contributed by atoms with van der Waals surface area (Å²) in [7, 11) is -3.72. The Kier molecular flexibility index (Phi) is 5.89. The van der Waals surface area contributed by atoms with Gasteiger partial charge in [0, 0.05) is 0 Å². The number of carbonyl (C=O) groups excluding carboxylic acids is 1. The highest BCUT2D eigenvalue weighted by atomic mass is 32.2. The van der Waals surface area contributed by atoms with Gasteiger partial charge in [0.05, 0.1) is 20.5 Å². The molecule has 15 heavy (non-hydrogen) atoms. The third-order valence-electron chi connectivity index (χ3n) is 1.27. The van der Waals surface area contributed by atoms with Crippen molar-refractivity contribution in [2.75, 3.05) is 26.6 Å². The maximum Gasteiger partial charge on any atom is 0.511 e. The summed E-state index contributed by atoms with van der Waals surface area (Å²) in [5, 5.41) is 0. The van der Waals surface area contributed by atoms with Crippen molar-refractivity contribution >= 4 is 24.1 Å². The lowest BCUT2D eigenvalue weighted by atomic mass is 10.4. The van der Waals surface area contributed by atoms with Crippen LogP contribution in [0.2, 0.25) is 0 Å². The molecule has 88 valence electrons. The minimum absolute atomic E-state index is 0.369. The quantitative estimate of drug-likeness (QED) is 0.373. The fourth-order valence-corrected chi connectivity index (χ4v) is 2.01. The number of methoxy groups -OCH3 is 1. The van der Waals surface area contributed by atoms with Gasteiger partial charge in [-0.2, -0.15) is 8.42 Å². The second kappa shape index (κ2) is 6.12. The monoisotopic (exact) mass is 259 g/mol. The van der Waals surface area contributed by atoms with Gasteiger partial charge in [0.25, 0.3) is 10.1 Å². The van der Waals surface area contributed by atoms with Crippen LogP contribution in [-0.4, -0.2) is 47.1 Å². The minimum atomic E-state index is -3.82. The van der Waals surface area contributed by atoms with E-state index in [4.69, 9.17) is 0 Å². The van der Waals surface area contributed by atoms with Crippen LogP contribution < -0.4 is 0 Å². The predicted octanol–water partition coefficient (Wildman–Crippen LogP) is -0.107. The molecule has 2 unspecified atom stereocenters. The van der Waals surface area contributed by atoms with Crippen molar-refractivity contribution in [3.05, 3.63) is 0 Å². The summed E-state index contributed by atoms with van der Waals surface area (Å²) in [4.78, 5) is 11.0. The molecule has 0 aliphatic heterocycles. The van der Waals surface area contributed by atoms with Gasteiger partial charge >= 0.3 is 14.0 Å². The third kappa shape index (κ3) is 6.51. The van der Waals surface area contributed by atoms with Crippen LogP contribution in [0.15, 0.2) is 0 Å². The molecule has 0 amide bonds. The third-order valence-corrected chi connectivity index (χ3v) is 2.89. The Balaban J connectivity index is 4.60. The normalized spacial score (nSPS) is 14.5. The van der Waals surface area contributed by atoms with E-state index in [9.17, 15) is 17.8 Å². The maximum atomic E-state index is 11.0. The summed E-state index contributed by atoms with van der Waals surface area (Å²) < 4.78 is 45.6. The minimum Gasteiger partial charge on any atom is -0.467 e. The number of rotatable bonds is 6. The van der Waals surface area contributed by atoms with Crippen molar-refractivity contribution < 1.29 is 31.2 Å². The van der Waals surface area contributed by atoms with Crippen molar-refractivity contribution in [3.63, 3.8) is 0 Å². The van der Waals surface area contributed by atoms with Crippen molar-refractivity contribution in [2.24, 2.45) is 0 Å². The van der Waals surface area contributed by atoms with Gasteiger partial charge in [-0.25, -0.2) is 4.79 Å². The SMILES string of the molecule is COC(=O)C(C[P+](=O)OC)OS(C)(=O)=O. The molecule has 0 aliphatic rings. The average molecular weight is 259 g/mol. The summed E-state index contributed by atoms with van der Waals surface area (Å²) in [6, 6.07) is 0. The predicted molar refractivity (Wildman–Crippen MR) is 51.2 cm³/mol. The molecule has 0 rings (SSSR count). The highest BCUT2D eigenvalue weighted by Crippen LogP contribution is 2.23. The van der Waals surface area contributed by atoms with Gasteiger partial charge in [-0.15, -0.1) is 4.52 Å². The molecule has 0 spiro atoms. The first kappa shape index (κ1) is 14.4. The zero-order valence-corrected chi connectivity index (χ0v) is 10.2. The van der Waals surface area contributed by atoms with Crippen molar-refractivity contribution in [3.8, 4) is 0 Å². The van der Waals surface area contributed by atoms with Crippen LogP contribution in [0.5, 0.6) is 0 Å². The second-order valence-corrected chi connectivity index (χ2v) is 5.51. The van der Waals surface area contributed by atoms with E-state index in [1.807, 2.05) is 0 Å². The molecule has 0 aliphatic carbocycles.